The van der Waals surface area contributed by atoms with Crippen molar-refractivity contribution in [3.63, 3.8) is 0 Å². The molecule has 1 aromatic carbocycles. The largest absolute Gasteiger partial charge is 0.492 e. The summed E-state index contributed by atoms with van der Waals surface area (Å²) >= 11 is 0. The minimum atomic E-state index is -0.106. The van der Waals surface area contributed by atoms with Gasteiger partial charge in [0.25, 0.3) is 0 Å². The van der Waals surface area contributed by atoms with Gasteiger partial charge in [-0.05, 0) is 17.7 Å². The van der Waals surface area contributed by atoms with Crippen LogP contribution in [0.25, 0.3) is 0 Å². The molecule has 1 amide bonds. The summed E-state index contributed by atoms with van der Waals surface area (Å²) < 4.78 is 7.35. The quantitative estimate of drug-likeness (QED) is 0.870. The van der Waals surface area contributed by atoms with Crippen LogP contribution in [0.4, 0.5) is 5.82 Å². The number of hydrogen-bond acceptors (Lipinski definition) is 5. The molecular weight excluding hydrogens is 296 g/mol. The monoisotopic (exact) mass is 316 g/mol. The molecule has 0 fully saturated rings. The highest BCUT2D eigenvalue weighted by Gasteiger charge is 2.18. The number of ether oxygens (including phenoxy) is 1. The number of hydrogen-bond donors (Lipinski definition) is 2. The summed E-state index contributed by atoms with van der Waals surface area (Å²) in [5, 5.41) is 16.2. The van der Waals surface area contributed by atoms with E-state index >= 15 is 0 Å². The first-order valence-electron chi connectivity index (χ1n) is 7.51. The summed E-state index contributed by atoms with van der Waals surface area (Å²) in [7, 11) is 1.80. The van der Waals surface area contributed by atoms with Crippen LogP contribution in [0.15, 0.2) is 30.5 Å². The van der Waals surface area contributed by atoms with Crippen LogP contribution in [0.2, 0.25) is 0 Å². The number of aryl methyl sites for hydroxylation is 1. The average Bonchev–Trinajstić information content (AvgIpc) is 2.82. The van der Waals surface area contributed by atoms with E-state index in [1.165, 1.54) is 0 Å². The number of aliphatic hydroxyl groups excluding tert-OH is 1. The fraction of sp³-hybridized carbons (Fsp3) is 0.375. The van der Waals surface area contributed by atoms with Gasteiger partial charge in [-0.25, -0.2) is 0 Å². The van der Waals surface area contributed by atoms with E-state index in [-0.39, 0.29) is 19.1 Å². The second kappa shape index (κ2) is 6.80. The number of aromatic nitrogens is 2. The number of carbonyl (C=O) groups is 1. The molecule has 0 atom stereocenters. The van der Waals surface area contributed by atoms with Crippen LogP contribution in [0, 0.1) is 0 Å². The molecule has 1 aliphatic heterocycles. The van der Waals surface area contributed by atoms with Crippen LogP contribution in [-0.2, 0) is 25.0 Å². The Labute approximate surface area is 134 Å². The summed E-state index contributed by atoms with van der Waals surface area (Å²) in [4.78, 5) is 14.2. The summed E-state index contributed by atoms with van der Waals surface area (Å²) in [5.41, 5.74) is 1.83. The van der Waals surface area contributed by atoms with Crippen LogP contribution < -0.4 is 10.1 Å². The van der Waals surface area contributed by atoms with E-state index < -0.39 is 0 Å². The molecule has 1 aliphatic rings. The molecular formula is C16H20N4O3. The summed E-state index contributed by atoms with van der Waals surface area (Å²) in [5.74, 6) is 1.26. The fourth-order valence-electron chi connectivity index (χ4n) is 2.60. The Hall–Kier alpha value is -2.38. The van der Waals surface area contributed by atoms with Crippen LogP contribution in [-0.4, -0.2) is 45.4 Å². The maximum Gasteiger partial charge on any atom is 0.239 e. The molecule has 0 aliphatic carbocycles. The van der Waals surface area contributed by atoms with Crippen LogP contribution in [0.3, 0.4) is 0 Å². The van der Waals surface area contributed by atoms with Gasteiger partial charge in [-0.2, -0.15) is 5.10 Å². The third-order valence-electron chi connectivity index (χ3n) is 3.71. The van der Waals surface area contributed by atoms with Gasteiger partial charge in [0.15, 0.2) is 5.82 Å². The zero-order valence-corrected chi connectivity index (χ0v) is 13.0. The van der Waals surface area contributed by atoms with E-state index in [1.54, 1.807) is 24.0 Å². The SMILES string of the molecule is Cn1ccc(NC(=O)CN2CCOc3ccc(CO)cc3C2)n1. The number of rotatable bonds is 4. The predicted molar refractivity (Wildman–Crippen MR) is 85.0 cm³/mol. The van der Waals surface area contributed by atoms with Crippen molar-refractivity contribution in [3.05, 3.63) is 41.6 Å². The van der Waals surface area contributed by atoms with Gasteiger partial charge in [0.05, 0.1) is 13.2 Å². The second-order valence-corrected chi connectivity index (χ2v) is 5.58. The van der Waals surface area contributed by atoms with Gasteiger partial charge in [-0.15, -0.1) is 0 Å². The number of fused-ring (bicyclic) bond motifs is 1. The first-order valence-corrected chi connectivity index (χ1v) is 7.51. The van der Waals surface area contributed by atoms with Crippen molar-refractivity contribution in [1.29, 1.82) is 0 Å². The van der Waals surface area contributed by atoms with Gasteiger partial charge >= 0.3 is 0 Å². The molecule has 0 bridgehead atoms. The number of aliphatic hydroxyl groups is 1. The highest BCUT2D eigenvalue weighted by Crippen LogP contribution is 2.24. The van der Waals surface area contributed by atoms with Crippen molar-refractivity contribution >= 4 is 11.7 Å². The second-order valence-electron chi connectivity index (χ2n) is 5.58. The lowest BCUT2D eigenvalue weighted by molar-refractivity contribution is -0.117. The maximum atomic E-state index is 12.2. The summed E-state index contributed by atoms with van der Waals surface area (Å²) in [6, 6.07) is 7.40. The van der Waals surface area contributed by atoms with E-state index in [4.69, 9.17) is 4.74 Å². The molecule has 0 saturated heterocycles. The molecule has 0 unspecified atom stereocenters. The van der Waals surface area contributed by atoms with Crippen molar-refractivity contribution in [3.8, 4) is 5.75 Å². The number of benzene rings is 1. The molecule has 122 valence electrons. The topological polar surface area (TPSA) is 79.6 Å². The minimum absolute atomic E-state index is 0.00651. The molecule has 23 heavy (non-hydrogen) atoms. The minimum Gasteiger partial charge on any atom is -0.492 e. The number of nitrogens with zero attached hydrogens (tertiary/aromatic N) is 3. The van der Waals surface area contributed by atoms with Crippen LogP contribution in [0.1, 0.15) is 11.1 Å². The Kier molecular flexibility index (Phi) is 4.59. The Balaban J connectivity index is 1.64. The zero-order valence-electron chi connectivity index (χ0n) is 13.0. The zero-order chi connectivity index (χ0) is 16.2. The Morgan fingerprint density at radius 3 is 3.04 bits per heavy atom. The summed E-state index contributed by atoms with van der Waals surface area (Å²) in [6.07, 6.45) is 1.78. The smallest absolute Gasteiger partial charge is 0.239 e. The third-order valence-corrected chi connectivity index (χ3v) is 3.71. The molecule has 7 nitrogen and oxygen atoms in total. The third kappa shape index (κ3) is 3.88. The van der Waals surface area contributed by atoms with E-state index in [2.05, 4.69) is 10.4 Å². The van der Waals surface area contributed by atoms with E-state index in [0.717, 1.165) is 16.9 Å². The summed E-state index contributed by atoms with van der Waals surface area (Å²) in [6.45, 7) is 2.07. The molecule has 1 aromatic heterocycles. The van der Waals surface area contributed by atoms with Crippen molar-refractivity contribution < 1.29 is 14.6 Å². The highest BCUT2D eigenvalue weighted by molar-refractivity contribution is 5.91. The normalized spacial score (nSPS) is 14.7. The van der Waals surface area contributed by atoms with Gasteiger partial charge in [-0.3, -0.25) is 14.4 Å². The van der Waals surface area contributed by atoms with Crippen molar-refractivity contribution in [2.75, 3.05) is 25.0 Å². The number of carbonyl (C=O) groups excluding carboxylic acids is 1. The Morgan fingerprint density at radius 1 is 1.43 bits per heavy atom. The molecule has 3 rings (SSSR count). The lowest BCUT2D eigenvalue weighted by Crippen LogP contribution is -2.34. The first kappa shape index (κ1) is 15.5. The molecule has 0 spiro atoms. The Morgan fingerprint density at radius 2 is 2.30 bits per heavy atom. The van der Waals surface area contributed by atoms with Gasteiger partial charge in [0.2, 0.25) is 5.91 Å². The number of amides is 1. The molecule has 2 heterocycles. The number of anilines is 1. The van der Waals surface area contributed by atoms with Crippen molar-refractivity contribution in [2.24, 2.45) is 7.05 Å². The molecule has 0 radical (unpaired) electrons. The molecule has 7 heteroatoms. The van der Waals surface area contributed by atoms with E-state index in [9.17, 15) is 9.90 Å². The molecule has 2 N–H and O–H groups in total. The van der Waals surface area contributed by atoms with Crippen molar-refractivity contribution in [2.45, 2.75) is 13.2 Å². The van der Waals surface area contributed by atoms with E-state index in [1.807, 2.05) is 23.1 Å². The molecule has 0 saturated carbocycles. The van der Waals surface area contributed by atoms with Gasteiger partial charge in [0.1, 0.15) is 12.4 Å². The van der Waals surface area contributed by atoms with Crippen LogP contribution in [0.5, 0.6) is 5.75 Å². The number of nitrogens with one attached hydrogen (secondary N) is 1. The predicted octanol–water partition coefficient (Wildman–Crippen LogP) is 0.745. The average molecular weight is 316 g/mol. The standard InChI is InChI=1S/C16H20N4O3/c1-19-5-4-15(18-19)17-16(22)10-20-6-7-23-14-3-2-12(11-21)8-13(14)9-20/h2-5,8,21H,6-7,9-11H2,1H3,(H,17,18,22). The van der Waals surface area contributed by atoms with E-state index in [0.29, 0.717) is 25.5 Å². The van der Waals surface area contributed by atoms with Gasteiger partial charge in [0, 0.05) is 38.0 Å². The Bertz CT molecular complexity index is 698. The maximum absolute atomic E-state index is 12.2. The lowest BCUT2D eigenvalue weighted by atomic mass is 10.1. The lowest BCUT2D eigenvalue weighted by Gasteiger charge is -2.18. The fourth-order valence-corrected chi connectivity index (χ4v) is 2.60. The first-order chi connectivity index (χ1) is 11.1. The van der Waals surface area contributed by atoms with Crippen molar-refractivity contribution in [1.82, 2.24) is 14.7 Å². The highest BCUT2D eigenvalue weighted by atomic mass is 16.5. The molecule has 2 aromatic rings. The van der Waals surface area contributed by atoms with Crippen LogP contribution >= 0.6 is 0 Å². The van der Waals surface area contributed by atoms with Gasteiger partial charge in [-0.1, -0.05) is 6.07 Å². The van der Waals surface area contributed by atoms with Gasteiger partial charge < -0.3 is 15.2 Å².